The first-order valence-corrected chi connectivity index (χ1v) is 6.90. The first-order chi connectivity index (χ1) is 10.1. The Morgan fingerprint density at radius 3 is 2.57 bits per heavy atom. The molecule has 0 aliphatic rings. The molecule has 5 heteroatoms. The number of nitrogens with one attached hydrogen (secondary N) is 1. The topological polar surface area (TPSA) is 24.9 Å². The van der Waals surface area contributed by atoms with Crippen LogP contribution in [0.15, 0.2) is 36.5 Å². The van der Waals surface area contributed by atoms with Crippen molar-refractivity contribution in [2.45, 2.75) is 25.8 Å². The summed E-state index contributed by atoms with van der Waals surface area (Å²) in [5, 5.41) is 3.15. The van der Waals surface area contributed by atoms with Gasteiger partial charge in [-0.25, -0.2) is 13.2 Å². The standard InChI is InChI=1S/C16H17F3N2/c1-2-8-21-14(10-11-5-3-4-9-20-11)12-6-7-13(17)16(19)15(12)18/h3-7,9,14,21H,2,8,10H2,1H3. The fourth-order valence-corrected chi connectivity index (χ4v) is 2.15. The SMILES string of the molecule is CCCNC(Cc1ccccn1)c1ccc(F)c(F)c1F. The molecule has 0 radical (unpaired) electrons. The van der Waals surface area contributed by atoms with Crippen molar-refractivity contribution in [1.82, 2.24) is 10.3 Å². The van der Waals surface area contributed by atoms with Gasteiger partial charge in [0.05, 0.1) is 0 Å². The largest absolute Gasteiger partial charge is 0.310 e. The highest BCUT2D eigenvalue weighted by atomic mass is 19.2. The lowest BCUT2D eigenvalue weighted by Crippen LogP contribution is -2.25. The maximum absolute atomic E-state index is 14.0. The van der Waals surface area contributed by atoms with Gasteiger partial charge < -0.3 is 5.32 Å². The van der Waals surface area contributed by atoms with E-state index in [1.165, 1.54) is 6.07 Å². The second kappa shape index (κ2) is 7.22. The molecule has 2 nitrogen and oxygen atoms in total. The highest BCUT2D eigenvalue weighted by Gasteiger charge is 2.21. The van der Waals surface area contributed by atoms with Crippen LogP contribution in [-0.4, -0.2) is 11.5 Å². The average Bonchev–Trinajstić information content (AvgIpc) is 2.51. The zero-order valence-electron chi connectivity index (χ0n) is 11.7. The van der Waals surface area contributed by atoms with Crippen LogP contribution in [0.5, 0.6) is 0 Å². The summed E-state index contributed by atoms with van der Waals surface area (Å²) in [6, 6.07) is 7.22. The summed E-state index contributed by atoms with van der Waals surface area (Å²) in [4.78, 5) is 4.19. The number of halogens is 3. The maximum Gasteiger partial charge on any atom is 0.194 e. The Balaban J connectivity index is 2.29. The molecule has 112 valence electrons. The molecule has 2 aromatic rings. The summed E-state index contributed by atoms with van der Waals surface area (Å²) in [6.45, 7) is 2.63. The van der Waals surface area contributed by atoms with Gasteiger partial charge in [-0.3, -0.25) is 4.98 Å². The Morgan fingerprint density at radius 2 is 1.90 bits per heavy atom. The summed E-state index contributed by atoms with van der Waals surface area (Å²) in [6.07, 6.45) is 2.90. The van der Waals surface area contributed by atoms with E-state index in [0.717, 1.165) is 18.2 Å². The Labute approximate surface area is 122 Å². The zero-order valence-corrected chi connectivity index (χ0v) is 11.7. The van der Waals surface area contributed by atoms with Crippen LogP contribution in [0.1, 0.15) is 30.6 Å². The predicted octanol–water partition coefficient (Wildman–Crippen LogP) is 3.78. The van der Waals surface area contributed by atoms with Crippen molar-refractivity contribution in [1.29, 1.82) is 0 Å². The number of aromatic nitrogens is 1. The van der Waals surface area contributed by atoms with E-state index in [1.54, 1.807) is 12.3 Å². The van der Waals surface area contributed by atoms with Crippen LogP contribution >= 0.6 is 0 Å². The fraction of sp³-hybridized carbons (Fsp3) is 0.312. The molecule has 21 heavy (non-hydrogen) atoms. The van der Waals surface area contributed by atoms with Crippen LogP contribution in [0.2, 0.25) is 0 Å². The third kappa shape index (κ3) is 3.82. The van der Waals surface area contributed by atoms with Crippen LogP contribution in [0.4, 0.5) is 13.2 Å². The molecule has 1 atom stereocenters. The van der Waals surface area contributed by atoms with Crippen molar-refractivity contribution in [3.8, 4) is 0 Å². The molecule has 1 aromatic carbocycles. The molecule has 1 aromatic heterocycles. The van der Waals surface area contributed by atoms with Gasteiger partial charge >= 0.3 is 0 Å². The monoisotopic (exact) mass is 294 g/mol. The smallest absolute Gasteiger partial charge is 0.194 e. The third-order valence-corrected chi connectivity index (χ3v) is 3.22. The number of nitrogens with zero attached hydrogens (tertiary/aromatic N) is 1. The quantitative estimate of drug-likeness (QED) is 0.820. The number of rotatable bonds is 6. The second-order valence-electron chi connectivity index (χ2n) is 4.80. The Hall–Kier alpha value is -1.88. The van der Waals surface area contributed by atoms with Crippen molar-refractivity contribution in [3.63, 3.8) is 0 Å². The van der Waals surface area contributed by atoms with Crippen molar-refractivity contribution < 1.29 is 13.2 Å². The van der Waals surface area contributed by atoms with Crippen molar-refractivity contribution in [3.05, 3.63) is 65.2 Å². The Kier molecular flexibility index (Phi) is 5.33. The van der Waals surface area contributed by atoms with Crippen LogP contribution in [-0.2, 0) is 6.42 Å². The minimum Gasteiger partial charge on any atom is -0.310 e. The first-order valence-electron chi connectivity index (χ1n) is 6.90. The molecule has 0 saturated carbocycles. The summed E-state index contributed by atoms with van der Waals surface area (Å²) >= 11 is 0. The number of pyridine rings is 1. The van der Waals surface area contributed by atoms with E-state index in [1.807, 2.05) is 19.1 Å². The lowest BCUT2D eigenvalue weighted by atomic mass is 10.0. The van der Waals surface area contributed by atoms with Gasteiger partial charge in [-0.05, 0) is 31.2 Å². The molecular formula is C16H17F3N2. The lowest BCUT2D eigenvalue weighted by Gasteiger charge is -2.19. The molecule has 0 aliphatic heterocycles. The highest BCUT2D eigenvalue weighted by Crippen LogP contribution is 2.24. The van der Waals surface area contributed by atoms with Crippen LogP contribution in [0.3, 0.4) is 0 Å². The van der Waals surface area contributed by atoms with Crippen molar-refractivity contribution >= 4 is 0 Å². The minimum absolute atomic E-state index is 0.119. The average molecular weight is 294 g/mol. The Morgan fingerprint density at radius 1 is 1.10 bits per heavy atom. The number of hydrogen-bond acceptors (Lipinski definition) is 2. The maximum atomic E-state index is 14.0. The van der Waals surface area contributed by atoms with Crippen molar-refractivity contribution in [2.75, 3.05) is 6.54 Å². The van der Waals surface area contributed by atoms with E-state index < -0.39 is 23.5 Å². The lowest BCUT2D eigenvalue weighted by molar-refractivity contribution is 0.422. The van der Waals surface area contributed by atoms with E-state index in [-0.39, 0.29) is 5.56 Å². The second-order valence-corrected chi connectivity index (χ2v) is 4.80. The van der Waals surface area contributed by atoms with Crippen LogP contribution in [0.25, 0.3) is 0 Å². The van der Waals surface area contributed by atoms with Gasteiger partial charge in [0.25, 0.3) is 0 Å². The third-order valence-electron chi connectivity index (χ3n) is 3.22. The first kappa shape index (κ1) is 15.5. The van der Waals surface area contributed by atoms with Crippen LogP contribution < -0.4 is 5.32 Å². The van der Waals surface area contributed by atoms with E-state index >= 15 is 0 Å². The summed E-state index contributed by atoms with van der Waals surface area (Å²) < 4.78 is 40.4. The molecule has 0 amide bonds. The Bertz CT molecular complexity index is 588. The van der Waals surface area contributed by atoms with E-state index in [4.69, 9.17) is 0 Å². The minimum atomic E-state index is -1.43. The summed E-state index contributed by atoms with van der Waals surface area (Å²) in [5.41, 5.74) is 0.878. The molecule has 1 heterocycles. The fourth-order valence-electron chi connectivity index (χ4n) is 2.15. The van der Waals surface area contributed by atoms with Gasteiger partial charge in [0, 0.05) is 29.9 Å². The van der Waals surface area contributed by atoms with Gasteiger partial charge in [0.1, 0.15) is 0 Å². The van der Waals surface area contributed by atoms with Gasteiger partial charge in [-0.2, -0.15) is 0 Å². The highest BCUT2D eigenvalue weighted by molar-refractivity contribution is 5.25. The van der Waals surface area contributed by atoms with Crippen LogP contribution in [0, 0.1) is 17.5 Å². The summed E-state index contributed by atoms with van der Waals surface area (Å²) in [5.74, 6) is -3.75. The van der Waals surface area contributed by atoms with Gasteiger partial charge in [-0.1, -0.05) is 19.1 Å². The van der Waals surface area contributed by atoms with Gasteiger partial charge in [0.15, 0.2) is 17.5 Å². The molecule has 0 aliphatic carbocycles. The van der Waals surface area contributed by atoms with Gasteiger partial charge in [-0.15, -0.1) is 0 Å². The molecular weight excluding hydrogens is 277 g/mol. The van der Waals surface area contributed by atoms with Crippen molar-refractivity contribution in [2.24, 2.45) is 0 Å². The van der Waals surface area contributed by atoms with Gasteiger partial charge in [0.2, 0.25) is 0 Å². The zero-order chi connectivity index (χ0) is 15.2. The van der Waals surface area contributed by atoms with E-state index in [0.29, 0.717) is 13.0 Å². The van der Waals surface area contributed by atoms with E-state index in [9.17, 15) is 13.2 Å². The molecule has 0 bridgehead atoms. The molecule has 1 N–H and O–H groups in total. The number of benzene rings is 1. The van der Waals surface area contributed by atoms with E-state index in [2.05, 4.69) is 10.3 Å². The molecule has 0 saturated heterocycles. The molecule has 0 fully saturated rings. The number of hydrogen-bond donors (Lipinski definition) is 1. The molecule has 1 unspecified atom stereocenters. The summed E-state index contributed by atoms with van der Waals surface area (Å²) in [7, 11) is 0. The molecule has 0 spiro atoms. The predicted molar refractivity (Wildman–Crippen MR) is 75.3 cm³/mol. The molecule has 2 rings (SSSR count). The normalized spacial score (nSPS) is 12.4.